The molecule has 0 aromatic heterocycles. The lowest BCUT2D eigenvalue weighted by atomic mass is 10.1. The first-order valence-corrected chi connectivity index (χ1v) is 10.8. The second-order valence-electron chi connectivity index (χ2n) is 8.17. The van der Waals surface area contributed by atoms with E-state index < -0.39 is 6.61 Å². The van der Waals surface area contributed by atoms with Crippen molar-refractivity contribution in [2.45, 2.75) is 58.3 Å². The summed E-state index contributed by atoms with van der Waals surface area (Å²) in [5, 5.41) is 0. The third-order valence-electron chi connectivity index (χ3n) is 5.79. The molecule has 1 aliphatic heterocycles. The third kappa shape index (κ3) is 4.98. The van der Waals surface area contributed by atoms with Gasteiger partial charge in [-0.15, -0.1) is 0 Å². The average molecular weight is 430 g/mol. The lowest BCUT2D eigenvalue weighted by Gasteiger charge is -2.28. The van der Waals surface area contributed by atoms with Gasteiger partial charge in [-0.2, -0.15) is 8.78 Å². The van der Waals surface area contributed by atoms with Crippen molar-refractivity contribution in [3.8, 4) is 11.5 Å². The number of anilines is 1. The number of hydrogen-bond donors (Lipinski definition) is 0. The van der Waals surface area contributed by atoms with Crippen molar-refractivity contribution in [1.82, 2.24) is 4.90 Å². The van der Waals surface area contributed by atoms with Gasteiger partial charge in [-0.1, -0.05) is 24.3 Å². The minimum absolute atomic E-state index is 0.0251. The molecule has 0 unspecified atom stereocenters. The zero-order valence-corrected chi connectivity index (χ0v) is 17.9. The zero-order valence-electron chi connectivity index (χ0n) is 17.9. The van der Waals surface area contributed by atoms with Gasteiger partial charge in [-0.05, 0) is 62.4 Å². The van der Waals surface area contributed by atoms with Crippen LogP contribution >= 0.6 is 0 Å². The molecule has 0 bridgehead atoms. The largest absolute Gasteiger partial charge is 0.490 e. The Morgan fingerprint density at radius 3 is 2.68 bits per heavy atom. The molecular formula is C24H28F2N2O3. The number of nitrogens with zero attached hydrogens (tertiary/aromatic N) is 2. The molecule has 1 atom stereocenters. The number of hydrogen-bond acceptors (Lipinski definition) is 4. The van der Waals surface area contributed by atoms with Gasteiger partial charge in [-0.25, -0.2) is 0 Å². The van der Waals surface area contributed by atoms with E-state index in [1.807, 2.05) is 23.1 Å². The van der Waals surface area contributed by atoms with Crippen LogP contribution in [0.1, 0.15) is 37.8 Å². The van der Waals surface area contributed by atoms with E-state index in [-0.39, 0.29) is 17.7 Å². The molecule has 5 nitrogen and oxygen atoms in total. The number of carbonyl (C=O) groups excluding carboxylic acids is 1. The second-order valence-corrected chi connectivity index (χ2v) is 8.17. The van der Waals surface area contributed by atoms with Crippen LogP contribution in [0.25, 0.3) is 0 Å². The number of amides is 1. The molecule has 1 fully saturated rings. The molecule has 0 saturated heterocycles. The molecule has 7 heteroatoms. The van der Waals surface area contributed by atoms with Gasteiger partial charge in [0.05, 0.1) is 13.2 Å². The smallest absolute Gasteiger partial charge is 0.387 e. The van der Waals surface area contributed by atoms with Crippen LogP contribution in [-0.4, -0.2) is 42.7 Å². The van der Waals surface area contributed by atoms with Gasteiger partial charge in [0.15, 0.2) is 11.5 Å². The van der Waals surface area contributed by atoms with Crippen LogP contribution < -0.4 is 14.4 Å². The Morgan fingerprint density at radius 2 is 1.97 bits per heavy atom. The van der Waals surface area contributed by atoms with Crippen LogP contribution in [0, 0.1) is 0 Å². The summed E-state index contributed by atoms with van der Waals surface area (Å²) in [6, 6.07) is 13.6. The fourth-order valence-electron chi connectivity index (χ4n) is 4.30. The fourth-order valence-corrected chi connectivity index (χ4v) is 4.30. The van der Waals surface area contributed by atoms with Crippen LogP contribution in [0.15, 0.2) is 42.5 Å². The predicted octanol–water partition coefficient (Wildman–Crippen LogP) is 4.63. The summed E-state index contributed by atoms with van der Waals surface area (Å²) in [4.78, 5) is 17.3. The second kappa shape index (κ2) is 9.22. The number of ether oxygens (including phenoxy) is 2. The third-order valence-corrected chi connectivity index (χ3v) is 5.79. The summed E-state index contributed by atoms with van der Waals surface area (Å²) >= 11 is 0. The molecule has 0 N–H and O–H groups in total. The van der Waals surface area contributed by atoms with Crippen molar-refractivity contribution in [1.29, 1.82) is 0 Å². The Labute approximate surface area is 181 Å². The molecule has 4 rings (SSSR count). The van der Waals surface area contributed by atoms with E-state index in [4.69, 9.17) is 4.74 Å². The lowest BCUT2D eigenvalue weighted by molar-refractivity contribution is -0.120. The molecule has 0 radical (unpaired) electrons. The van der Waals surface area contributed by atoms with Gasteiger partial charge in [-0.3, -0.25) is 9.69 Å². The molecule has 1 heterocycles. The highest BCUT2D eigenvalue weighted by Gasteiger charge is 2.35. The first kappa shape index (κ1) is 21.6. The molecule has 0 spiro atoms. The predicted molar refractivity (Wildman–Crippen MR) is 115 cm³/mol. The summed E-state index contributed by atoms with van der Waals surface area (Å²) in [5.74, 6) is 0.411. The van der Waals surface area contributed by atoms with E-state index >= 15 is 0 Å². The van der Waals surface area contributed by atoms with E-state index in [2.05, 4.69) is 22.6 Å². The molecule has 2 aromatic rings. The van der Waals surface area contributed by atoms with Crippen molar-refractivity contribution in [2.75, 3.05) is 18.1 Å². The number of benzene rings is 2. The van der Waals surface area contributed by atoms with Crippen LogP contribution in [0.3, 0.4) is 0 Å². The van der Waals surface area contributed by atoms with Crippen molar-refractivity contribution in [2.24, 2.45) is 0 Å². The van der Waals surface area contributed by atoms with Gasteiger partial charge < -0.3 is 14.4 Å². The average Bonchev–Trinajstić information content (AvgIpc) is 3.51. The van der Waals surface area contributed by atoms with E-state index in [1.165, 1.54) is 11.6 Å². The molecule has 31 heavy (non-hydrogen) atoms. The van der Waals surface area contributed by atoms with E-state index in [1.54, 1.807) is 19.1 Å². The first-order valence-electron chi connectivity index (χ1n) is 10.8. The van der Waals surface area contributed by atoms with Crippen LogP contribution in [0.2, 0.25) is 0 Å². The Kier molecular flexibility index (Phi) is 6.41. The normalized spacial score (nSPS) is 17.9. The van der Waals surface area contributed by atoms with Crippen molar-refractivity contribution >= 4 is 11.6 Å². The highest BCUT2D eigenvalue weighted by Crippen LogP contribution is 2.35. The monoisotopic (exact) mass is 430 g/mol. The summed E-state index contributed by atoms with van der Waals surface area (Å²) in [6.07, 6.45) is 2.99. The maximum atomic E-state index is 13.3. The van der Waals surface area contributed by atoms with Crippen molar-refractivity contribution < 1.29 is 23.0 Å². The van der Waals surface area contributed by atoms with Crippen LogP contribution in [0.5, 0.6) is 11.5 Å². The van der Waals surface area contributed by atoms with E-state index in [9.17, 15) is 13.6 Å². The van der Waals surface area contributed by atoms with Crippen molar-refractivity contribution in [3.63, 3.8) is 0 Å². The first-order chi connectivity index (χ1) is 15.0. The molecule has 1 saturated carbocycles. The van der Waals surface area contributed by atoms with Gasteiger partial charge in [0, 0.05) is 24.3 Å². The number of fused-ring (bicyclic) bond motifs is 1. The van der Waals surface area contributed by atoms with E-state index in [0.29, 0.717) is 31.5 Å². The van der Waals surface area contributed by atoms with Crippen molar-refractivity contribution in [3.05, 3.63) is 53.6 Å². The number of rotatable bonds is 9. The summed E-state index contributed by atoms with van der Waals surface area (Å²) in [5.41, 5.74) is 3.11. The topological polar surface area (TPSA) is 42.0 Å². The standard InChI is InChI=1S/C24H28F2N2O3/c1-3-30-22-13-17(8-11-21(22)31-24(25)26)14-27(19-9-10-19)15-23(29)28-16(2)12-18-6-4-5-7-20(18)28/h4-8,11,13,16,19,24H,3,9-10,12,14-15H2,1-2H3/t16-/m0/s1. The number of halogens is 2. The number of carbonyl (C=O) groups is 1. The highest BCUT2D eigenvalue weighted by atomic mass is 19.3. The Balaban J connectivity index is 1.49. The maximum absolute atomic E-state index is 13.3. The minimum atomic E-state index is -2.91. The Morgan fingerprint density at radius 1 is 1.19 bits per heavy atom. The molecule has 2 aliphatic rings. The summed E-state index contributed by atoms with van der Waals surface area (Å²) in [7, 11) is 0. The highest BCUT2D eigenvalue weighted by molar-refractivity contribution is 5.97. The van der Waals surface area contributed by atoms with Gasteiger partial charge in [0.2, 0.25) is 5.91 Å². The quantitative estimate of drug-likeness (QED) is 0.582. The summed E-state index contributed by atoms with van der Waals surface area (Å²) < 4.78 is 35.4. The molecule has 1 aliphatic carbocycles. The molecule has 1 amide bonds. The van der Waals surface area contributed by atoms with Gasteiger partial charge >= 0.3 is 6.61 Å². The Bertz CT molecular complexity index is 933. The van der Waals surface area contributed by atoms with Crippen LogP contribution in [0.4, 0.5) is 14.5 Å². The maximum Gasteiger partial charge on any atom is 0.387 e. The zero-order chi connectivity index (χ0) is 22.0. The van der Waals surface area contributed by atoms with Gasteiger partial charge in [0.25, 0.3) is 0 Å². The van der Waals surface area contributed by atoms with Crippen LogP contribution in [-0.2, 0) is 17.8 Å². The Hall–Kier alpha value is -2.67. The molecule has 166 valence electrons. The SMILES string of the molecule is CCOc1cc(CN(CC(=O)N2c3ccccc3C[C@@H]2C)C2CC2)ccc1OC(F)F. The minimum Gasteiger partial charge on any atom is -0.490 e. The number of para-hydroxylation sites is 1. The van der Waals surface area contributed by atoms with E-state index in [0.717, 1.165) is 30.5 Å². The number of alkyl halides is 2. The summed E-state index contributed by atoms with van der Waals surface area (Å²) in [6.45, 7) is 2.19. The molecule has 2 aromatic carbocycles. The van der Waals surface area contributed by atoms with Gasteiger partial charge in [0.1, 0.15) is 0 Å². The fraction of sp³-hybridized carbons (Fsp3) is 0.458. The molecular weight excluding hydrogens is 402 g/mol. The lowest BCUT2D eigenvalue weighted by Crippen LogP contribution is -2.43.